The molecule has 0 aromatic rings. The van der Waals surface area contributed by atoms with Crippen LogP contribution in [0.4, 0.5) is 0 Å². The van der Waals surface area contributed by atoms with E-state index in [1.807, 2.05) is 18.7 Å². The largest absolute Gasteiger partial charge is 0.369 e. The van der Waals surface area contributed by atoms with E-state index in [9.17, 15) is 4.79 Å². The maximum absolute atomic E-state index is 11.8. The van der Waals surface area contributed by atoms with E-state index in [-0.39, 0.29) is 12.0 Å². The van der Waals surface area contributed by atoms with Crippen LogP contribution in [0.3, 0.4) is 0 Å². The van der Waals surface area contributed by atoms with Crippen LogP contribution in [0.2, 0.25) is 0 Å². The minimum atomic E-state index is -0.270. The number of rotatable bonds is 3. The predicted molar refractivity (Wildman–Crippen MR) is 56.1 cm³/mol. The summed E-state index contributed by atoms with van der Waals surface area (Å²) in [7, 11) is 0. The van der Waals surface area contributed by atoms with Crippen LogP contribution in [0.25, 0.3) is 0 Å². The van der Waals surface area contributed by atoms with Crippen LogP contribution in [0.15, 0.2) is 0 Å². The van der Waals surface area contributed by atoms with E-state index in [4.69, 9.17) is 4.74 Å². The number of carbonyl (C=O) groups excluding carboxylic acids is 1. The Morgan fingerprint density at radius 3 is 2.57 bits per heavy atom. The molecule has 82 valence electrons. The number of ether oxygens (including phenoxy) is 1. The van der Waals surface area contributed by atoms with Crippen LogP contribution >= 0.6 is 0 Å². The molecule has 1 fully saturated rings. The summed E-state index contributed by atoms with van der Waals surface area (Å²) < 4.78 is 5.29. The van der Waals surface area contributed by atoms with Crippen LogP contribution in [-0.4, -0.2) is 36.6 Å². The molecule has 1 aliphatic heterocycles. The highest BCUT2D eigenvalue weighted by Crippen LogP contribution is 2.16. The molecule has 1 aliphatic rings. The first kappa shape index (κ1) is 11.5. The van der Waals surface area contributed by atoms with E-state index in [1.165, 1.54) is 0 Å². The standard InChI is InChI=1S/C11H21NO2/c1-4-14-10(3)11(13)12-7-5-9(2)6-8-12/h9-10H,4-8H2,1-3H3. The fourth-order valence-electron chi connectivity index (χ4n) is 1.81. The quantitative estimate of drug-likeness (QED) is 0.692. The lowest BCUT2D eigenvalue weighted by Gasteiger charge is -2.32. The highest BCUT2D eigenvalue weighted by Gasteiger charge is 2.24. The number of hydrogen-bond acceptors (Lipinski definition) is 2. The number of nitrogens with zero attached hydrogens (tertiary/aromatic N) is 1. The van der Waals surface area contributed by atoms with Gasteiger partial charge in [-0.15, -0.1) is 0 Å². The molecule has 0 saturated carbocycles. The number of carbonyl (C=O) groups is 1. The Morgan fingerprint density at radius 1 is 1.50 bits per heavy atom. The van der Waals surface area contributed by atoms with Gasteiger partial charge in [0.15, 0.2) is 0 Å². The Balaban J connectivity index is 2.37. The lowest BCUT2D eigenvalue weighted by atomic mass is 9.99. The van der Waals surface area contributed by atoms with Crippen molar-refractivity contribution >= 4 is 5.91 Å². The van der Waals surface area contributed by atoms with Crippen LogP contribution < -0.4 is 0 Å². The van der Waals surface area contributed by atoms with Gasteiger partial charge in [-0.3, -0.25) is 4.79 Å². The van der Waals surface area contributed by atoms with Crippen LogP contribution in [-0.2, 0) is 9.53 Å². The Labute approximate surface area is 86.4 Å². The minimum Gasteiger partial charge on any atom is -0.369 e. The summed E-state index contributed by atoms with van der Waals surface area (Å²) in [5.41, 5.74) is 0. The van der Waals surface area contributed by atoms with Crippen molar-refractivity contribution in [2.24, 2.45) is 5.92 Å². The van der Waals surface area contributed by atoms with Crippen molar-refractivity contribution in [2.75, 3.05) is 19.7 Å². The van der Waals surface area contributed by atoms with Crippen molar-refractivity contribution in [2.45, 2.75) is 39.7 Å². The molecule has 0 bridgehead atoms. The molecule has 0 spiro atoms. The van der Waals surface area contributed by atoms with Gasteiger partial charge in [0.05, 0.1) is 0 Å². The van der Waals surface area contributed by atoms with Gasteiger partial charge in [-0.05, 0) is 32.6 Å². The van der Waals surface area contributed by atoms with Gasteiger partial charge in [0.1, 0.15) is 6.10 Å². The Kier molecular flexibility index (Phi) is 4.39. The van der Waals surface area contributed by atoms with Gasteiger partial charge in [-0.1, -0.05) is 6.92 Å². The smallest absolute Gasteiger partial charge is 0.251 e. The zero-order valence-electron chi connectivity index (χ0n) is 9.45. The minimum absolute atomic E-state index is 0.152. The summed E-state index contributed by atoms with van der Waals surface area (Å²) >= 11 is 0. The number of piperidine rings is 1. The number of hydrogen-bond donors (Lipinski definition) is 0. The van der Waals surface area contributed by atoms with E-state index in [2.05, 4.69) is 6.92 Å². The van der Waals surface area contributed by atoms with Crippen molar-refractivity contribution in [3.63, 3.8) is 0 Å². The van der Waals surface area contributed by atoms with Gasteiger partial charge in [0.2, 0.25) is 0 Å². The fraction of sp³-hybridized carbons (Fsp3) is 0.909. The van der Waals surface area contributed by atoms with Gasteiger partial charge in [0, 0.05) is 19.7 Å². The van der Waals surface area contributed by atoms with Crippen molar-refractivity contribution < 1.29 is 9.53 Å². The summed E-state index contributed by atoms with van der Waals surface area (Å²) in [6.45, 7) is 8.41. The SMILES string of the molecule is CCOC(C)C(=O)N1CCC(C)CC1. The fourth-order valence-corrected chi connectivity index (χ4v) is 1.81. The van der Waals surface area contributed by atoms with E-state index in [1.54, 1.807) is 0 Å². The second kappa shape index (κ2) is 5.35. The summed E-state index contributed by atoms with van der Waals surface area (Å²) in [4.78, 5) is 13.7. The van der Waals surface area contributed by atoms with Gasteiger partial charge in [-0.2, -0.15) is 0 Å². The van der Waals surface area contributed by atoms with E-state index in [0.29, 0.717) is 6.61 Å². The molecule has 1 saturated heterocycles. The highest BCUT2D eigenvalue weighted by molar-refractivity contribution is 5.80. The first-order valence-corrected chi connectivity index (χ1v) is 5.55. The first-order chi connectivity index (χ1) is 6.65. The summed E-state index contributed by atoms with van der Waals surface area (Å²) in [5, 5.41) is 0. The van der Waals surface area contributed by atoms with Crippen LogP contribution in [0.1, 0.15) is 33.6 Å². The predicted octanol–water partition coefficient (Wildman–Crippen LogP) is 1.67. The molecular weight excluding hydrogens is 178 g/mol. The molecule has 3 heteroatoms. The zero-order valence-corrected chi connectivity index (χ0v) is 9.45. The Morgan fingerprint density at radius 2 is 2.07 bits per heavy atom. The lowest BCUT2D eigenvalue weighted by Crippen LogP contribution is -2.43. The van der Waals surface area contributed by atoms with E-state index < -0.39 is 0 Å². The third kappa shape index (κ3) is 2.98. The van der Waals surface area contributed by atoms with Crippen molar-refractivity contribution in [3.05, 3.63) is 0 Å². The normalized spacial score (nSPS) is 20.9. The van der Waals surface area contributed by atoms with Crippen LogP contribution in [0, 0.1) is 5.92 Å². The summed E-state index contributed by atoms with van der Waals surface area (Å²) in [5.74, 6) is 0.917. The number of likely N-dealkylation sites (tertiary alicyclic amines) is 1. The molecule has 1 atom stereocenters. The van der Waals surface area contributed by atoms with Crippen molar-refractivity contribution in [3.8, 4) is 0 Å². The van der Waals surface area contributed by atoms with Crippen molar-refractivity contribution in [1.29, 1.82) is 0 Å². The molecule has 0 aromatic heterocycles. The summed E-state index contributed by atoms with van der Waals surface area (Å²) in [6, 6.07) is 0. The average Bonchev–Trinajstić information content (AvgIpc) is 2.18. The van der Waals surface area contributed by atoms with E-state index >= 15 is 0 Å². The molecule has 0 aromatic carbocycles. The molecule has 0 N–H and O–H groups in total. The average molecular weight is 199 g/mol. The lowest BCUT2D eigenvalue weighted by molar-refractivity contribution is -0.143. The van der Waals surface area contributed by atoms with Gasteiger partial charge < -0.3 is 9.64 Å². The molecule has 0 radical (unpaired) electrons. The molecule has 0 aliphatic carbocycles. The van der Waals surface area contributed by atoms with Gasteiger partial charge in [0.25, 0.3) is 5.91 Å². The highest BCUT2D eigenvalue weighted by atomic mass is 16.5. The summed E-state index contributed by atoms with van der Waals surface area (Å²) in [6.07, 6.45) is 1.99. The van der Waals surface area contributed by atoms with Crippen LogP contribution in [0.5, 0.6) is 0 Å². The maximum atomic E-state index is 11.8. The topological polar surface area (TPSA) is 29.5 Å². The second-order valence-electron chi connectivity index (χ2n) is 4.11. The van der Waals surface area contributed by atoms with Gasteiger partial charge in [-0.25, -0.2) is 0 Å². The molecule has 1 heterocycles. The maximum Gasteiger partial charge on any atom is 0.251 e. The molecule has 14 heavy (non-hydrogen) atoms. The third-order valence-electron chi connectivity index (χ3n) is 2.86. The third-order valence-corrected chi connectivity index (χ3v) is 2.86. The first-order valence-electron chi connectivity index (χ1n) is 5.55. The monoisotopic (exact) mass is 199 g/mol. The van der Waals surface area contributed by atoms with Crippen molar-refractivity contribution in [1.82, 2.24) is 4.90 Å². The number of amides is 1. The molecular formula is C11H21NO2. The molecule has 1 unspecified atom stereocenters. The molecule has 1 rings (SSSR count). The zero-order chi connectivity index (χ0) is 10.6. The Hall–Kier alpha value is -0.570. The van der Waals surface area contributed by atoms with Gasteiger partial charge >= 0.3 is 0 Å². The Bertz CT molecular complexity index is 186. The van der Waals surface area contributed by atoms with E-state index in [0.717, 1.165) is 31.8 Å². The second-order valence-corrected chi connectivity index (χ2v) is 4.11. The molecule has 1 amide bonds. The molecule has 3 nitrogen and oxygen atoms in total.